The topological polar surface area (TPSA) is 52.6 Å². The summed E-state index contributed by atoms with van der Waals surface area (Å²) in [5, 5.41) is 0. The molecule has 4 nitrogen and oxygen atoms in total. The maximum atomic E-state index is 12.8. The minimum Gasteiger partial charge on any atom is -0.468 e. The van der Waals surface area contributed by atoms with Crippen LogP contribution in [-0.4, -0.2) is 26.2 Å². The number of alkyl halides is 3. The lowest BCUT2D eigenvalue weighted by Gasteiger charge is -2.23. The zero-order chi connectivity index (χ0) is 17.3. The van der Waals surface area contributed by atoms with Gasteiger partial charge in [0, 0.05) is 5.92 Å². The van der Waals surface area contributed by atoms with Crippen molar-refractivity contribution in [1.29, 1.82) is 0 Å². The quantitative estimate of drug-likeness (QED) is 0.486. The number of rotatable bonds is 3. The summed E-state index contributed by atoms with van der Waals surface area (Å²) in [6.45, 7) is 0. The van der Waals surface area contributed by atoms with Gasteiger partial charge in [-0.15, -0.1) is 0 Å². The van der Waals surface area contributed by atoms with Gasteiger partial charge < -0.3 is 9.47 Å². The third-order valence-corrected chi connectivity index (χ3v) is 3.90. The highest BCUT2D eigenvalue weighted by Crippen LogP contribution is 2.43. The standard InChI is InChI=1S/C16H15F3O4/c1-22-13(20)15(14(21)23-2)7-6-11(9-15)10-4-3-5-12(8-10)16(17,18)19/h3-8,11H,9H2,1-2H3. The summed E-state index contributed by atoms with van der Waals surface area (Å²) >= 11 is 0. The van der Waals surface area contributed by atoms with Gasteiger partial charge in [0.25, 0.3) is 0 Å². The predicted octanol–water partition coefficient (Wildman–Crippen LogP) is 3.08. The first-order valence-corrected chi connectivity index (χ1v) is 6.78. The molecule has 0 amide bonds. The number of esters is 2. The molecule has 0 spiro atoms. The zero-order valence-corrected chi connectivity index (χ0v) is 12.5. The third kappa shape index (κ3) is 3.09. The SMILES string of the molecule is COC(=O)C1(C(=O)OC)C=CC(c2cccc(C(F)(F)F)c2)C1. The van der Waals surface area contributed by atoms with E-state index in [1.807, 2.05) is 0 Å². The Morgan fingerprint density at radius 1 is 1.17 bits per heavy atom. The average Bonchev–Trinajstić information content (AvgIpc) is 2.99. The number of halogens is 3. The van der Waals surface area contributed by atoms with Crippen LogP contribution in [0.2, 0.25) is 0 Å². The van der Waals surface area contributed by atoms with Crippen LogP contribution in [0.5, 0.6) is 0 Å². The van der Waals surface area contributed by atoms with Gasteiger partial charge >= 0.3 is 18.1 Å². The van der Waals surface area contributed by atoms with Crippen molar-refractivity contribution < 1.29 is 32.2 Å². The lowest BCUT2D eigenvalue weighted by molar-refractivity contribution is -0.165. The Morgan fingerprint density at radius 3 is 2.30 bits per heavy atom. The summed E-state index contributed by atoms with van der Waals surface area (Å²) in [5.74, 6) is -2.11. The van der Waals surface area contributed by atoms with Crippen molar-refractivity contribution >= 4 is 11.9 Å². The molecule has 0 radical (unpaired) electrons. The Hall–Kier alpha value is -2.31. The zero-order valence-electron chi connectivity index (χ0n) is 12.5. The van der Waals surface area contributed by atoms with Crippen molar-refractivity contribution in [3.63, 3.8) is 0 Å². The molecule has 0 fully saturated rings. The minimum atomic E-state index is -4.46. The Kier molecular flexibility index (Phi) is 4.49. The van der Waals surface area contributed by atoms with Crippen LogP contribution in [-0.2, 0) is 25.2 Å². The van der Waals surface area contributed by atoms with E-state index < -0.39 is 35.0 Å². The first-order chi connectivity index (χ1) is 10.7. The van der Waals surface area contributed by atoms with Crippen molar-refractivity contribution in [2.45, 2.75) is 18.5 Å². The molecule has 1 aromatic carbocycles. The van der Waals surface area contributed by atoms with Gasteiger partial charge in [0.05, 0.1) is 19.8 Å². The van der Waals surface area contributed by atoms with Crippen LogP contribution in [0.3, 0.4) is 0 Å². The highest BCUT2D eigenvalue weighted by Gasteiger charge is 2.50. The number of hydrogen-bond acceptors (Lipinski definition) is 4. The molecular formula is C16H15F3O4. The smallest absolute Gasteiger partial charge is 0.416 e. The summed E-state index contributed by atoms with van der Waals surface area (Å²) in [4.78, 5) is 24.0. The van der Waals surface area contributed by atoms with Crippen molar-refractivity contribution in [2.75, 3.05) is 14.2 Å². The number of methoxy groups -OCH3 is 2. The number of benzene rings is 1. The summed E-state index contributed by atoms with van der Waals surface area (Å²) in [5.41, 5.74) is -2.04. The van der Waals surface area contributed by atoms with Gasteiger partial charge in [0.1, 0.15) is 0 Å². The second-order valence-electron chi connectivity index (χ2n) is 5.25. The van der Waals surface area contributed by atoms with Crippen LogP contribution in [0, 0.1) is 5.41 Å². The van der Waals surface area contributed by atoms with Gasteiger partial charge in [-0.3, -0.25) is 9.59 Å². The molecule has 124 valence electrons. The normalized spacial score (nSPS) is 19.4. The molecule has 0 saturated carbocycles. The Balaban J connectivity index is 2.34. The van der Waals surface area contributed by atoms with Gasteiger partial charge in [0.2, 0.25) is 0 Å². The van der Waals surface area contributed by atoms with E-state index in [-0.39, 0.29) is 6.42 Å². The van der Waals surface area contributed by atoms with Crippen molar-refractivity contribution in [3.8, 4) is 0 Å². The number of ether oxygens (including phenoxy) is 2. The molecule has 1 atom stereocenters. The number of allylic oxidation sites excluding steroid dienone is 1. The molecule has 1 aliphatic carbocycles. The maximum Gasteiger partial charge on any atom is 0.416 e. The average molecular weight is 328 g/mol. The van der Waals surface area contributed by atoms with E-state index in [0.717, 1.165) is 26.4 Å². The molecule has 0 N–H and O–H groups in total. The molecule has 1 unspecified atom stereocenters. The van der Waals surface area contributed by atoms with Gasteiger partial charge in [-0.1, -0.05) is 30.4 Å². The first-order valence-electron chi connectivity index (χ1n) is 6.78. The van der Waals surface area contributed by atoms with Crippen LogP contribution < -0.4 is 0 Å². The van der Waals surface area contributed by atoms with Crippen molar-refractivity contribution in [2.24, 2.45) is 5.41 Å². The molecule has 0 aromatic heterocycles. The van der Waals surface area contributed by atoms with Gasteiger partial charge in [-0.25, -0.2) is 0 Å². The monoisotopic (exact) mass is 328 g/mol. The Bertz CT molecular complexity index is 633. The van der Waals surface area contributed by atoms with E-state index >= 15 is 0 Å². The van der Waals surface area contributed by atoms with E-state index in [4.69, 9.17) is 0 Å². The van der Waals surface area contributed by atoms with E-state index in [1.54, 1.807) is 0 Å². The maximum absolute atomic E-state index is 12.8. The molecule has 0 heterocycles. The van der Waals surface area contributed by atoms with Crippen molar-refractivity contribution in [1.82, 2.24) is 0 Å². The molecule has 1 aromatic rings. The van der Waals surface area contributed by atoms with Crippen molar-refractivity contribution in [3.05, 3.63) is 47.5 Å². The fourth-order valence-corrected chi connectivity index (χ4v) is 2.69. The van der Waals surface area contributed by atoms with E-state index in [9.17, 15) is 22.8 Å². The fourth-order valence-electron chi connectivity index (χ4n) is 2.69. The lowest BCUT2D eigenvalue weighted by atomic mass is 9.83. The van der Waals surface area contributed by atoms with Crippen LogP contribution in [0.1, 0.15) is 23.5 Å². The van der Waals surface area contributed by atoms with Gasteiger partial charge in [0.15, 0.2) is 5.41 Å². The summed E-state index contributed by atoms with van der Waals surface area (Å²) in [6.07, 6.45) is -1.62. The van der Waals surface area contributed by atoms with Crippen LogP contribution in [0.4, 0.5) is 13.2 Å². The van der Waals surface area contributed by atoms with E-state index in [0.29, 0.717) is 5.56 Å². The van der Waals surface area contributed by atoms with E-state index in [2.05, 4.69) is 9.47 Å². The highest BCUT2D eigenvalue weighted by molar-refractivity contribution is 6.03. The summed E-state index contributed by atoms with van der Waals surface area (Å²) in [7, 11) is 2.27. The molecule has 0 aliphatic heterocycles. The number of carbonyl (C=O) groups is 2. The molecule has 0 saturated heterocycles. The van der Waals surface area contributed by atoms with Crippen LogP contribution in [0.15, 0.2) is 36.4 Å². The largest absolute Gasteiger partial charge is 0.468 e. The van der Waals surface area contributed by atoms with Gasteiger partial charge in [-0.2, -0.15) is 13.2 Å². The third-order valence-electron chi connectivity index (χ3n) is 3.90. The molecule has 2 rings (SSSR count). The summed E-state index contributed by atoms with van der Waals surface area (Å²) in [6, 6.07) is 4.80. The fraction of sp³-hybridized carbons (Fsp3) is 0.375. The Morgan fingerprint density at radius 2 is 1.78 bits per heavy atom. The molecular weight excluding hydrogens is 313 g/mol. The lowest BCUT2D eigenvalue weighted by Crippen LogP contribution is -2.38. The van der Waals surface area contributed by atoms with Crippen LogP contribution >= 0.6 is 0 Å². The second kappa shape index (κ2) is 6.06. The highest BCUT2D eigenvalue weighted by atomic mass is 19.4. The molecule has 1 aliphatic rings. The molecule has 0 bridgehead atoms. The van der Waals surface area contributed by atoms with Gasteiger partial charge in [-0.05, 0) is 18.1 Å². The van der Waals surface area contributed by atoms with Crippen LogP contribution in [0.25, 0.3) is 0 Å². The summed E-state index contributed by atoms with van der Waals surface area (Å²) < 4.78 is 47.7. The van der Waals surface area contributed by atoms with E-state index in [1.165, 1.54) is 24.3 Å². The number of hydrogen-bond donors (Lipinski definition) is 0. The number of carbonyl (C=O) groups excluding carboxylic acids is 2. The Labute approximate surface area is 130 Å². The first kappa shape index (κ1) is 17.1. The molecule has 7 heteroatoms. The predicted molar refractivity (Wildman–Crippen MR) is 74.4 cm³/mol. The second-order valence-corrected chi connectivity index (χ2v) is 5.25. The minimum absolute atomic E-state index is 0.0341. The molecule has 23 heavy (non-hydrogen) atoms.